The monoisotopic (exact) mass is 742 g/mol. The number of aromatic nitrogens is 4. The number of nitrogens with one attached hydrogen (secondary N) is 4. The van der Waals surface area contributed by atoms with Gasteiger partial charge in [0.25, 0.3) is 0 Å². The normalized spacial score (nSPS) is 22.7. The molecule has 2 aromatic heterocycles. The second-order valence-corrected chi connectivity index (χ2v) is 15.8. The first-order valence-electron chi connectivity index (χ1n) is 19.6. The van der Waals surface area contributed by atoms with Crippen molar-refractivity contribution >= 4 is 17.9 Å². The average molecular weight is 743 g/mol. The molecular formula is C41H58N8O5. The van der Waals surface area contributed by atoms with Crippen LogP contribution in [0.3, 0.4) is 0 Å². The van der Waals surface area contributed by atoms with E-state index in [1.807, 2.05) is 43.7 Å². The Morgan fingerprint density at radius 3 is 1.83 bits per heavy atom. The molecule has 292 valence electrons. The summed E-state index contributed by atoms with van der Waals surface area (Å²) in [5.41, 5.74) is 4.31. The average Bonchev–Trinajstić information content (AvgIpc) is 4.02. The molecule has 4 atom stereocenters. The van der Waals surface area contributed by atoms with Crippen LogP contribution in [0.4, 0.5) is 4.79 Å². The molecule has 13 heteroatoms. The number of ether oxygens (including phenoxy) is 2. The van der Waals surface area contributed by atoms with Crippen LogP contribution in [0.15, 0.2) is 49.1 Å². The number of hydrogen-bond acceptors (Lipinski definition) is 8. The van der Waals surface area contributed by atoms with Crippen molar-refractivity contribution in [1.82, 2.24) is 40.4 Å². The molecule has 2 aliphatic heterocycles. The number of carbonyl (C=O) groups is 3. The van der Waals surface area contributed by atoms with Crippen molar-refractivity contribution in [2.75, 3.05) is 27.3 Å². The molecule has 3 amide bonds. The zero-order valence-corrected chi connectivity index (χ0v) is 32.7. The highest BCUT2D eigenvalue weighted by molar-refractivity contribution is 5.86. The van der Waals surface area contributed by atoms with E-state index in [1.54, 1.807) is 7.11 Å². The molecule has 3 aliphatic rings. The Morgan fingerprint density at radius 2 is 1.28 bits per heavy atom. The molecule has 4 heterocycles. The minimum atomic E-state index is -0.666. The van der Waals surface area contributed by atoms with Gasteiger partial charge in [-0.05, 0) is 81.3 Å². The van der Waals surface area contributed by atoms with Crippen molar-refractivity contribution in [3.63, 3.8) is 0 Å². The van der Waals surface area contributed by atoms with Crippen molar-refractivity contribution in [2.45, 2.75) is 115 Å². The van der Waals surface area contributed by atoms with Crippen LogP contribution >= 0.6 is 0 Å². The SMILES string of the molecule is C=C(N[C@H](C(=O)N1CCC[C@H]1c1nc(C2CCC(c3ccc(-c4c[nH]c([C@@H]5CCCN5C(=O)[C@@H](NC(=O)OC)C(C)C)n4)cc3)CC2)c[nH]1)C(C)C)OC. The third-order valence-corrected chi connectivity index (χ3v) is 11.6. The quantitative estimate of drug-likeness (QED) is 0.141. The number of nitrogens with zero attached hydrogens (tertiary/aromatic N) is 4. The van der Waals surface area contributed by atoms with Gasteiger partial charge in [-0.1, -0.05) is 52.0 Å². The van der Waals surface area contributed by atoms with Gasteiger partial charge in [-0.25, -0.2) is 14.8 Å². The number of amides is 3. The van der Waals surface area contributed by atoms with Crippen LogP contribution in [0.25, 0.3) is 11.3 Å². The fraction of sp³-hybridized carbons (Fsp3) is 0.585. The second-order valence-electron chi connectivity index (χ2n) is 15.8. The summed E-state index contributed by atoms with van der Waals surface area (Å²) in [7, 11) is 2.85. The molecule has 0 bridgehead atoms. The Labute approximate surface area is 319 Å². The molecule has 1 saturated carbocycles. The van der Waals surface area contributed by atoms with E-state index in [9.17, 15) is 14.4 Å². The van der Waals surface area contributed by atoms with Crippen molar-refractivity contribution in [3.05, 3.63) is 72.0 Å². The lowest BCUT2D eigenvalue weighted by Gasteiger charge is -2.31. The number of hydrogen-bond donors (Lipinski definition) is 4. The van der Waals surface area contributed by atoms with Crippen molar-refractivity contribution in [3.8, 4) is 11.3 Å². The van der Waals surface area contributed by atoms with E-state index in [0.717, 1.165) is 80.0 Å². The lowest BCUT2D eigenvalue weighted by molar-refractivity contribution is -0.136. The van der Waals surface area contributed by atoms with Gasteiger partial charge in [0.05, 0.1) is 37.7 Å². The topological polar surface area (TPSA) is 158 Å². The van der Waals surface area contributed by atoms with Crippen LogP contribution in [-0.4, -0.2) is 87.0 Å². The molecule has 4 N–H and O–H groups in total. The van der Waals surface area contributed by atoms with Gasteiger partial charge in [0.1, 0.15) is 23.7 Å². The van der Waals surface area contributed by atoms with E-state index in [1.165, 1.54) is 12.7 Å². The summed E-state index contributed by atoms with van der Waals surface area (Å²) in [4.78, 5) is 59.7. The highest BCUT2D eigenvalue weighted by Crippen LogP contribution is 2.41. The summed E-state index contributed by atoms with van der Waals surface area (Å²) in [6.07, 6.45) is 11.2. The van der Waals surface area contributed by atoms with E-state index in [2.05, 4.69) is 57.6 Å². The zero-order valence-electron chi connectivity index (χ0n) is 32.7. The number of H-pyrrole nitrogens is 2. The van der Waals surface area contributed by atoms with E-state index in [4.69, 9.17) is 19.4 Å². The van der Waals surface area contributed by atoms with Crippen molar-refractivity contribution in [1.29, 1.82) is 0 Å². The fourth-order valence-electron chi connectivity index (χ4n) is 8.47. The number of carbonyl (C=O) groups excluding carboxylic acids is 3. The summed E-state index contributed by atoms with van der Waals surface area (Å²) in [5, 5.41) is 5.87. The number of benzene rings is 1. The smallest absolute Gasteiger partial charge is 0.407 e. The maximum absolute atomic E-state index is 13.7. The molecule has 1 aliphatic carbocycles. The standard InChI is InChI=1S/C41H58N8O5/c1-24(2)35(44-26(5)53-6)39(50)48-20-8-10-33(48)37-42-22-31(45-37)29-16-12-27(13-17-29)28-14-18-30(19-15-28)32-23-43-38(46-32)34-11-9-21-49(34)40(51)36(25(3)4)47-41(52)54-7/h14-15,18-19,22-25,27,29,33-36,44H,5,8-13,16-17,20-21H2,1-4,6-7H3,(H,42,45)(H,43,46)(H,47,52)/t27?,29?,33-,34-,35-,36-/m0/s1. The van der Waals surface area contributed by atoms with Gasteiger partial charge >= 0.3 is 6.09 Å². The maximum Gasteiger partial charge on any atom is 0.407 e. The summed E-state index contributed by atoms with van der Waals surface area (Å²) < 4.78 is 9.98. The summed E-state index contributed by atoms with van der Waals surface area (Å²) in [6.45, 7) is 13.1. The van der Waals surface area contributed by atoms with Crippen LogP contribution in [0.2, 0.25) is 0 Å². The number of likely N-dealkylation sites (tertiary alicyclic amines) is 2. The number of alkyl carbamates (subject to hydrolysis) is 1. The van der Waals surface area contributed by atoms with Crippen LogP contribution in [0, 0.1) is 11.8 Å². The molecule has 54 heavy (non-hydrogen) atoms. The van der Waals surface area contributed by atoms with Crippen molar-refractivity contribution < 1.29 is 23.9 Å². The first-order chi connectivity index (χ1) is 26.0. The minimum absolute atomic E-state index is 0.0569. The van der Waals surface area contributed by atoms with E-state index < -0.39 is 18.2 Å². The van der Waals surface area contributed by atoms with Crippen LogP contribution < -0.4 is 10.6 Å². The van der Waals surface area contributed by atoms with Crippen LogP contribution in [0.1, 0.15) is 126 Å². The summed E-state index contributed by atoms with van der Waals surface area (Å²) in [6, 6.07) is 7.44. The predicted octanol–water partition coefficient (Wildman–Crippen LogP) is 6.68. The highest BCUT2D eigenvalue weighted by atomic mass is 16.5. The molecule has 13 nitrogen and oxygen atoms in total. The lowest BCUT2D eigenvalue weighted by Crippen LogP contribution is -2.51. The Kier molecular flexibility index (Phi) is 12.3. The van der Waals surface area contributed by atoms with Crippen LogP contribution in [-0.2, 0) is 19.1 Å². The van der Waals surface area contributed by atoms with E-state index >= 15 is 0 Å². The Hall–Kier alpha value is -4.81. The number of imidazole rings is 2. The number of rotatable bonds is 13. The van der Waals surface area contributed by atoms with Crippen LogP contribution in [0.5, 0.6) is 0 Å². The molecular weight excluding hydrogens is 685 g/mol. The summed E-state index contributed by atoms with van der Waals surface area (Å²) in [5.74, 6) is 2.85. The van der Waals surface area contributed by atoms with Gasteiger partial charge < -0.3 is 39.9 Å². The van der Waals surface area contributed by atoms with Gasteiger partial charge in [0, 0.05) is 37.0 Å². The first kappa shape index (κ1) is 38.9. The highest BCUT2D eigenvalue weighted by Gasteiger charge is 2.39. The van der Waals surface area contributed by atoms with Gasteiger partial charge in [0.15, 0.2) is 5.88 Å². The predicted molar refractivity (Wildman–Crippen MR) is 206 cm³/mol. The molecule has 6 rings (SSSR count). The maximum atomic E-state index is 13.7. The molecule has 3 fully saturated rings. The molecule has 0 unspecified atom stereocenters. The lowest BCUT2D eigenvalue weighted by atomic mass is 9.77. The Morgan fingerprint density at radius 1 is 0.741 bits per heavy atom. The van der Waals surface area contributed by atoms with Crippen molar-refractivity contribution in [2.24, 2.45) is 11.8 Å². The number of aromatic amines is 2. The third-order valence-electron chi connectivity index (χ3n) is 11.6. The molecule has 0 spiro atoms. The molecule has 3 aromatic rings. The second kappa shape index (κ2) is 17.1. The first-order valence-corrected chi connectivity index (χ1v) is 19.6. The van der Waals surface area contributed by atoms with Gasteiger partial charge in [-0.2, -0.15) is 0 Å². The van der Waals surface area contributed by atoms with E-state index in [0.29, 0.717) is 30.8 Å². The van der Waals surface area contributed by atoms with Gasteiger partial charge in [-0.15, -0.1) is 0 Å². The zero-order chi connectivity index (χ0) is 38.5. The Balaban J connectivity index is 1.04. The van der Waals surface area contributed by atoms with Gasteiger partial charge in [0.2, 0.25) is 11.8 Å². The van der Waals surface area contributed by atoms with Gasteiger partial charge in [-0.3, -0.25) is 9.59 Å². The molecule has 2 saturated heterocycles. The number of methoxy groups -OCH3 is 2. The Bertz CT molecular complexity index is 1760. The van der Waals surface area contributed by atoms with E-state index in [-0.39, 0.29) is 35.7 Å². The molecule has 0 radical (unpaired) electrons. The largest absolute Gasteiger partial charge is 0.483 e. The molecule has 1 aromatic carbocycles. The summed E-state index contributed by atoms with van der Waals surface area (Å²) >= 11 is 0. The third kappa shape index (κ3) is 8.44. The minimum Gasteiger partial charge on any atom is -0.483 e. The fourth-order valence-corrected chi connectivity index (χ4v) is 8.47.